The van der Waals surface area contributed by atoms with Gasteiger partial charge in [-0.25, -0.2) is 4.98 Å². The van der Waals surface area contributed by atoms with Crippen LogP contribution < -0.4 is 4.74 Å². The van der Waals surface area contributed by atoms with Crippen molar-refractivity contribution in [3.8, 4) is 5.88 Å². The molecule has 1 heterocycles. The summed E-state index contributed by atoms with van der Waals surface area (Å²) in [6, 6.07) is 3.08. The molecular formula is C21H30F3NO. The third-order valence-corrected chi connectivity index (χ3v) is 6.48. The van der Waals surface area contributed by atoms with E-state index >= 15 is 0 Å². The Bertz CT molecular complexity index is 541. The molecule has 0 spiro atoms. The quantitative estimate of drug-likeness (QED) is 0.565. The molecule has 0 aromatic carbocycles. The first-order chi connectivity index (χ1) is 12.4. The third kappa shape index (κ3) is 5.37. The zero-order valence-corrected chi connectivity index (χ0v) is 15.6. The van der Waals surface area contributed by atoms with Crippen molar-refractivity contribution in [2.45, 2.75) is 83.4 Å². The molecule has 2 fully saturated rings. The second-order valence-corrected chi connectivity index (χ2v) is 8.16. The van der Waals surface area contributed by atoms with Gasteiger partial charge in [-0.1, -0.05) is 38.7 Å². The van der Waals surface area contributed by atoms with E-state index in [0.717, 1.165) is 36.2 Å². The van der Waals surface area contributed by atoms with Crippen LogP contribution in [0.1, 0.15) is 82.6 Å². The molecule has 2 aliphatic rings. The van der Waals surface area contributed by atoms with Crippen molar-refractivity contribution in [3.63, 3.8) is 0 Å². The van der Waals surface area contributed by atoms with Gasteiger partial charge in [0.25, 0.3) is 0 Å². The van der Waals surface area contributed by atoms with Crippen LogP contribution in [-0.2, 0) is 0 Å². The van der Waals surface area contributed by atoms with Crippen molar-refractivity contribution in [1.29, 1.82) is 0 Å². The molecule has 2 aliphatic carbocycles. The predicted molar refractivity (Wildman–Crippen MR) is 96.0 cm³/mol. The molecule has 0 amide bonds. The van der Waals surface area contributed by atoms with E-state index in [1.54, 1.807) is 12.3 Å². The summed E-state index contributed by atoms with van der Waals surface area (Å²) in [7, 11) is 0. The normalized spacial score (nSPS) is 30.2. The Morgan fingerprint density at radius 2 is 1.58 bits per heavy atom. The lowest BCUT2D eigenvalue weighted by molar-refractivity contribution is -0.276. The van der Waals surface area contributed by atoms with Gasteiger partial charge in [0.15, 0.2) is 0 Å². The zero-order chi connectivity index (χ0) is 18.6. The average molecular weight is 369 g/mol. The van der Waals surface area contributed by atoms with Gasteiger partial charge in [0.05, 0.1) is 0 Å². The number of pyridine rings is 1. The van der Waals surface area contributed by atoms with Gasteiger partial charge >= 0.3 is 6.36 Å². The number of aromatic nitrogens is 1. The lowest BCUT2D eigenvalue weighted by Crippen LogP contribution is -2.25. The Morgan fingerprint density at radius 1 is 0.962 bits per heavy atom. The summed E-state index contributed by atoms with van der Waals surface area (Å²) >= 11 is 0. The molecule has 0 saturated heterocycles. The highest BCUT2D eigenvalue weighted by Gasteiger charge is 2.33. The van der Waals surface area contributed by atoms with Gasteiger partial charge in [-0.3, -0.25) is 0 Å². The van der Waals surface area contributed by atoms with Gasteiger partial charge in [-0.15, -0.1) is 13.2 Å². The van der Waals surface area contributed by atoms with Crippen LogP contribution in [0, 0.1) is 17.8 Å². The summed E-state index contributed by atoms with van der Waals surface area (Å²) in [6.07, 6.45) is 9.92. The van der Waals surface area contributed by atoms with Gasteiger partial charge in [0.1, 0.15) is 0 Å². The van der Waals surface area contributed by atoms with Gasteiger partial charge in [-0.2, -0.15) is 0 Å². The minimum atomic E-state index is -4.68. The molecule has 2 nitrogen and oxygen atoms in total. The SMILES string of the molecule is CCCC1CCC(C2CCC(c3ccc(OC(F)(F)F)nc3)CC2)CC1. The summed E-state index contributed by atoms with van der Waals surface area (Å²) < 4.78 is 40.5. The zero-order valence-electron chi connectivity index (χ0n) is 15.6. The maximum absolute atomic E-state index is 12.2. The number of rotatable bonds is 5. The van der Waals surface area contributed by atoms with Crippen LogP contribution in [0.2, 0.25) is 0 Å². The average Bonchev–Trinajstić information content (AvgIpc) is 2.62. The van der Waals surface area contributed by atoms with Gasteiger partial charge in [-0.05, 0) is 67.8 Å². The fraction of sp³-hybridized carbons (Fsp3) is 0.762. The minimum Gasteiger partial charge on any atom is -0.388 e. The molecule has 0 unspecified atom stereocenters. The van der Waals surface area contributed by atoms with Gasteiger partial charge in [0, 0.05) is 12.3 Å². The standard InChI is InChI=1S/C21H30F3NO/c1-2-3-15-4-6-16(7-5-15)17-8-10-18(11-9-17)19-12-13-20(25-14-19)26-21(22,23)24/h12-18H,2-11H2,1H3. The van der Waals surface area contributed by atoms with Crippen LogP contribution in [0.4, 0.5) is 13.2 Å². The second kappa shape index (κ2) is 8.62. The number of alkyl halides is 3. The lowest BCUT2D eigenvalue weighted by atomic mass is 9.68. The van der Waals surface area contributed by atoms with Crippen molar-refractivity contribution < 1.29 is 17.9 Å². The fourth-order valence-electron chi connectivity index (χ4n) is 5.09. The van der Waals surface area contributed by atoms with Crippen molar-refractivity contribution in [3.05, 3.63) is 23.9 Å². The topological polar surface area (TPSA) is 22.1 Å². The van der Waals surface area contributed by atoms with E-state index in [-0.39, 0.29) is 5.88 Å². The molecule has 2 saturated carbocycles. The van der Waals surface area contributed by atoms with E-state index < -0.39 is 6.36 Å². The van der Waals surface area contributed by atoms with Crippen LogP contribution in [0.15, 0.2) is 18.3 Å². The molecule has 146 valence electrons. The second-order valence-electron chi connectivity index (χ2n) is 8.16. The van der Waals surface area contributed by atoms with Crippen molar-refractivity contribution in [1.82, 2.24) is 4.98 Å². The van der Waals surface area contributed by atoms with Crippen LogP contribution in [0.25, 0.3) is 0 Å². The smallest absolute Gasteiger partial charge is 0.388 e. The minimum absolute atomic E-state index is 0.376. The van der Waals surface area contributed by atoms with Crippen LogP contribution in [-0.4, -0.2) is 11.3 Å². The van der Waals surface area contributed by atoms with Crippen molar-refractivity contribution in [2.24, 2.45) is 17.8 Å². The summed E-state index contributed by atoms with van der Waals surface area (Å²) in [4.78, 5) is 3.83. The van der Waals surface area contributed by atoms with E-state index in [1.807, 2.05) is 0 Å². The monoisotopic (exact) mass is 369 g/mol. The molecule has 1 aromatic rings. The summed E-state index contributed by atoms with van der Waals surface area (Å²) in [6.45, 7) is 2.28. The Labute approximate surface area is 154 Å². The van der Waals surface area contributed by atoms with E-state index in [1.165, 1.54) is 57.4 Å². The number of ether oxygens (including phenoxy) is 1. The molecule has 0 radical (unpaired) electrons. The molecular weight excluding hydrogens is 339 g/mol. The Kier molecular flexibility index (Phi) is 6.46. The Hall–Kier alpha value is -1.26. The molecule has 3 rings (SSSR count). The van der Waals surface area contributed by atoms with Crippen LogP contribution in [0.5, 0.6) is 5.88 Å². The molecule has 0 N–H and O–H groups in total. The first kappa shape index (κ1) is 19.5. The number of hydrogen-bond donors (Lipinski definition) is 0. The summed E-state index contributed by atoms with van der Waals surface area (Å²) in [5.74, 6) is 2.74. The number of halogens is 3. The highest BCUT2D eigenvalue weighted by atomic mass is 19.4. The van der Waals surface area contributed by atoms with Gasteiger partial charge in [0.2, 0.25) is 5.88 Å². The Balaban J connectivity index is 1.46. The summed E-state index contributed by atoms with van der Waals surface area (Å²) in [5.41, 5.74) is 1.05. The molecule has 1 aromatic heterocycles. The fourth-order valence-corrected chi connectivity index (χ4v) is 5.09. The number of nitrogens with zero attached hydrogens (tertiary/aromatic N) is 1. The summed E-state index contributed by atoms with van der Waals surface area (Å²) in [5, 5.41) is 0. The van der Waals surface area contributed by atoms with E-state index in [2.05, 4.69) is 16.6 Å². The first-order valence-corrected chi connectivity index (χ1v) is 10.2. The maximum atomic E-state index is 12.2. The van der Waals surface area contributed by atoms with Gasteiger partial charge < -0.3 is 4.74 Å². The highest BCUT2D eigenvalue weighted by molar-refractivity contribution is 5.22. The third-order valence-electron chi connectivity index (χ3n) is 6.48. The lowest BCUT2D eigenvalue weighted by Gasteiger charge is -2.38. The van der Waals surface area contributed by atoms with Crippen molar-refractivity contribution in [2.75, 3.05) is 0 Å². The molecule has 26 heavy (non-hydrogen) atoms. The highest BCUT2D eigenvalue weighted by Crippen LogP contribution is 2.44. The largest absolute Gasteiger partial charge is 0.574 e. The van der Waals surface area contributed by atoms with E-state index in [4.69, 9.17) is 0 Å². The maximum Gasteiger partial charge on any atom is 0.574 e. The Morgan fingerprint density at radius 3 is 2.08 bits per heavy atom. The van der Waals surface area contributed by atoms with E-state index in [0.29, 0.717) is 5.92 Å². The first-order valence-electron chi connectivity index (χ1n) is 10.2. The van der Waals surface area contributed by atoms with Crippen LogP contribution in [0.3, 0.4) is 0 Å². The molecule has 0 atom stereocenters. The number of hydrogen-bond acceptors (Lipinski definition) is 2. The molecule has 5 heteroatoms. The molecule has 0 bridgehead atoms. The van der Waals surface area contributed by atoms with Crippen LogP contribution >= 0.6 is 0 Å². The van der Waals surface area contributed by atoms with Crippen molar-refractivity contribution >= 4 is 0 Å². The molecule has 0 aliphatic heterocycles. The van der Waals surface area contributed by atoms with E-state index in [9.17, 15) is 13.2 Å². The predicted octanol–water partition coefficient (Wildman–Crippen LogP) is 6.86.